The molecule has 0 spiro atoms. The maximum Gasteiger partial charge on any atom is 0.348 e. The highest BCUT2D eigenvalue weighted by molar-refractivity contribution is 7.80. The van der Waals surface area contributed by atoms with E-state index in [1.807, 2.05) is 0 Å². The van der Waals surface area contributed by atoms with Gasteiger partial charge in [-0.05, 0) is 56.6 Å². The number of thiophene rings is 1. The Kier molecular flexibility index (Phi) is 8.82. The van der Waals surface area contributed by atoms with Crippen LogP contribution in [0.3, 0.4) is 0 Å². The van der Waals surface area contributed by atoms with E-state index in [4.69, 9.17) is 21.7 Å². The number of esters is 2. The molecule has 9 heteroatoms. The largest absolute Gasteiger partial charge is 0.462 e. The average molecular weight is 490 g/mol. The van der Waals surface area contributed by atoms with Crippen LogP contribution in [0.1, 0.15) is 50.6 Å². The van der Waals surface area contributed by atoms with Crippen molar-refractivity contribution in [3.05, 3.63) is 51.4 Å². The third kappa shape index (κ3) is 6.10. The van der Waals surface area contributed by atoms with Crippen molar-refractivity contribution in [3.8, 4) is 0 Å². The highest BCUT2D eigenvalue weighted by atomic mass is 32.1. The average Bonchev–Trinajstić information content (AvgIpc) is 3.12. The summed E-state index contributed by atoms with van der Waals surface area (Å²) >= 11 is 6.83. The van der Waals surface area contributed by atoms with E-state index in [9.17, 15) is 9.59 Å². The number of thiocarbonyl (C=S) groups is 1. The summed E-state index contributed by atoms with van der Waals surface area (Å²) in [5.74, 6) is -0.926. The van der Waals surface area contributed by atoms with Gasteiger partial charge < -0.3 is 19.7 Å². The van der Waals surface area contributed by atoms with Crippen LogP contribution in [0.4, 0.5) is 5.00 Å². The standard InChI is InChI=1S/C24H31N3O4S2/c1-5-30-22(28)19-17(4)20(23(29)31-6-2)33-21(19)25-24(32)27-13-11-26(12-14-27)15-18-10-8-7-9-16(18)3/h7-10H,5-6,11-15H2,1-4H3,(H,25,32). The highest BCUT2D eigenvalue weighted by Gasteiger charge is 2.28. The van der Waals surface area contributed by atoms with Crippen LogP contribution in [0.2, 0.25) is 0 Å². The van der Waals surface area contributed by atoms with E-state index in [2.05, 4.69) is 46.3 Å². The molecule has 2 aromatic rings. The van der Waals surface area contributed by atoms with Gasteiger partial charge in [0.1, 0.15) is 9.88 Å². The molecule has 0 saturated carbocycles. The molecule has 1 aliphatic rings. The number of carbonyl (C=O) groups excluding carboxylic acids is 2. The van der Waals surface area contributed by atoms with E-state index >= 15 is 0 Å². The number of hydrogen-bond acceptors (Lipinski definition) is 7. The fourth-order valence-electron chi connectivity index (χ4n) is 3.76. The van der Waals surface area contributed by atoms with Crippen LogP contribution >= 0.6 is 23.6 Å². The lowest BCUT2D eigenvalue weighted by Crippen LogP contribution is -2.49. The van der Waals surface area contributed by atoms with E-state index in [0.29, 0.717) is 26.1 Å². The van der Waals surface area contributed by atoms with Crippen molar-refractivity contribution in [1.82, 2.24) is 9.80 Å². The molecular formula is C24H31N3O4S2. The summed E-state index contributed by atoms with van der Waals surface area (Å²) in [6, 6.07) is 8.45. The number of rotatable bonds is 7. The van der Waals surface area contributed by atoms with Crippen molar-refractivity contribution >= 4 is 45.6 Å². The molecule has 0 bridgehead atoms. The van der Waals surface area contributed by atoms with E-state index in [0.717, 1.165) is 32.7 Å². The quantitative estimate of drug-likeness (QED) is 0.458. The van der Waals surface area contributed by atoms with Gasteiger partial charge in [0.05, 0.1) is 18.8 Å². The Balaban J connectivity index is 1.68. The van der Waals surface area contributed by atoms with E-state index in [-0.39, 0.29) is 13.2 Å². The summed E-state index contributed by atoms with van der Waals surface area (Å²) in [4.78, 5) is 29.9. The second kappa shape index (κ2) is 11.6. The van der Waals surface area contributed by atoms with Crippen molar-refractivity contribution < 1.29 is 19.1 Å². The molecule has 7 nitrogen and oxygen atoms in total. The fraction of sp³-hybridized carbons (Fsp3) is 0.458. The van der Waals surface area contributed by atoms with Gasteiger partial charge in [-0.3, -0.25) is 4.90 Å². The zero-order valence-electron chi connectivity index (χ0n) is 19.6. The van der Waals surface area contributed by atoms with E-state index in [1.165, 1.54) is 22.5 Å². The fourth-order valence-corrected chi connectivity index (χ4v) is 5.19. The van der Waals surface area contributed by atoms with Gasteiger partial charge in [0.25, 0.3) is 0 Å². The van der Waals surface area contributed by atoms with Crippen molar-refractivity contribution in [2.75, 3.05) is 44.7 Å². The molecule has 0 atom stereocenters. The second-order valence-electron chi connectivity index (χ2n) is 7.82. The van der Waals surface area contributed by atoms with E-state index < -0.39 is 11.9 Å². The van der Waals surface area contributed by atoms with Gasteiger partial charge in [-0.2, -0.15) is 0 Å². The first-order chi connectivity index (χ1) is 15.8. The van der Waals surface area contributed by atoms with Crippen molar-refractivity contribution in [3.63, 3.8) is 0 Å². The first kappa shape index (κ1) is 25.1. The third-order valence-corrected chi connectivity index (χ3v) is 7.17. The topological polar surface area (TPSA) is 71.1 Å². The molecule has 1 aromatic carbocycles. The van der Waals surface area contributed by atoms with Crippen LogP contribution in [-0.2, 0) is 16.0 Å². The molecule has 1 N–H and O–H groups in total. The minimum absolute atomic E-state index is 0.246. The van der Waals surface area contributed by atoms with Crippen molar-refractivity contribution in [2.24, 2.45) is 0 Å². The summed E-state index contributed by atoms with van der Waals surface area (Å²) in [6.07, 6.45) is 0. The molecule has 3 rings (SSSR count). The zero-order valence-corrected chi connectivity index (χ0v) is 21.2. The van der Waals surface area contributed by atoms with Gasteiger partial charge in [0, 0.05) is 32.7 Å². The van der Waals surface area contributed by atoms with Crippen LogP contribution in [0.25, 0.3) is 0 Å². The highest BCUT2D eigenvalue weighted by Crippen LogP contribution is 2.34. The molecule has 0 unspecified atom stereocenters. The molecule has 1 aliphatic heterocycles. The molecule has 1 fully saturated rings. The maximum atomic E-state index is 12.6. The predicted octanol–water partition coefficient (Wildman–Crippen LogP) is 4.23. The van der Waals surface area contributed by atoms with Gasteiger partial charge in [-0.15, -0.1) is 11.3 Å². The summed E-state index contributed by atoms with van der Waals surface area (Å²) in [6.45, 7) is 12.1. The molecular weight excluding hydrogens is 458 g/mol. The zero-order chi connectivity index (χ0) is 24.0. The molecule has 0 radical (unpaired) electrons. The normalized spacial score (nSPS) is 14.1. The Labute approximate surface area is 204 Å². The maximum absolute atomic E-state index is 12.6. The number of hydrogen-bond donors (Lipinski definition) is 1. The van der Waals surface area contributed by atoms with Crippen LogP contribution in [-0.4, -0.2) is 66.2 Å². The molecule has 0 aliphatic carbocycles. The molecule has 178 valence electrons. The number of piperazine rings is 1. The number of nitrogens with one attached hydrogen (secondary N) is 1. The van der Waals surface area contributed by atoms with Crippen molar-refractivity contribution in [2.45, 2.75) is 34.2 Å². The number of ether oxygens (including phenoxy) is 2. The molecule has 2 heterocycles. The van der Waals surface area contributed by atoms with Crippen LogP contribution in [0.5, 0.6) is 0 Å². The Morgan fingerprint density at radius 3 is 2.30 bits per heavy atom. The third-order valence-electron chi connectivity index (χ3n) is 5.62. The lowest BCUT2D eigenvalue weighted by atomic mass is 10.1. The number of anilines is 1. The number of benzene rings is 1. The first-order valence-corrected chi connectivity index (χ1v) is 12.4. The Morgan fingerprint density at radius 1 is 1.03 bits per heavy atom. The van der Waals surface area contributed by atoms with Gasteiger partial charge >= 0.3 is 11.9 Å². The summed E-state index contributed by atoms with van der Waals surface area (Å²) in [5.41, 5.74) is 3.52. The summed E-state index contributed by atoms with van der Waals surface area (Å²) < 4.78 is 10.4. The number of nitrogens with zero attached hydrogens (tertiary/aromatic N) is 2. The second-order valence-corrected chi connectivity index (χ2v) is 9.23. The van der Waals surface area contributed by atoms with Gasteiger partial charge in [0.2, 0.25) is 0 Å². The van der Waals surface area contributed by atoms with Gasteiger partial charge in [-0.1, -0.05) is 24.3 Å². The lowest BCUT2D eigenvalue weighted by Gasteiger charge is -2.36. The van der Waals surface area contributed by atoms with Crippen LogP contribution in [0, 0.1) is 13.8 Å². The smallest absolute Gasteiger partial charge is 0.348 e. The summed E-state index contributed by atoms with van der Waals surface area (Å²) in [7, 11) is 0. The monoisotopic (exact) mass is 489 g/mol. The molecule has 33 heavy (non-hydrogen) atoms. The van der Waals surface area contributed by atoms with Gasteiger partial charge in [0.15, 0.2) is 5.11 Å². The summed E-state index contributed by atoms with van der Waals surface area (Å²) in [5, 5.41) is 4.25. The van der Waals surface area contributed by atoms with Crippen LogP contribution < -0.4 is 5.32 Å². The molecule has 0 amide bonds. The lowest BCUT2D eigenvalue weighted by molar-refractivity contribution is 0.0527. The number of aryl methyl sites for hydroxylation is 1. The van der Waals surface area contributed by atoms with Crippen molar-refractivity contribution in [1.29, 1.82) is 0 Å². The van der Waals surface area contributed by atoms with E-state index in [1.54, 1.807) is 20.8 Å². The predicted molar refractivity (Wildman–Crippen MR) is 135 cm³/mol. The molecule has 1 saturated heterocycles. The first-order valence-electron chi connectivity index (χ1n) is 11.2. The Bertz CT molecular complexity index is 1010. The SMILES string of the molecule is CCOC(=O)c1sc(NC(=S)N2CCN(Cc3ccccc3C)CC2)c(C(=O)OCC)c1C. The Hall–Kier alpha value is -2.49. The molecule has 1 aromatic heterocycles. The Morgan fingerprint density at radius 2 is 1.67 bits per heavy atom. The number of carbonyl (C=O) groups is 2. The van der Waals surface area contributed by atoms with Crippen LogP contribution in [0.15, 0.2) is 24.3 Å². The minimum Gasteiger partial charge on any atom is -0.462 e. The van der Waals surface area contributed by atoms with Gasteiger partial charge in [-0.25, -0.2) is 9.59 Å². The minimum atomic E-state index is -0.477.